The average Bonchev–Trinajstić information content (AvgIpc) is 3.52. The summed E-state index contributed by atoms with van der Waals surface area (Å²) in [6.07, 6.45) is 9.45. The van der Waals surface area contributed by atoms with E-state index >= 15 is 0 Å². The molecule has 0 radical (unpaired) electrons. The van der Waals surface area contributed by atoms with Gasteiger partial charge in [0.25, 0.3) is 13.1 Å². The van der Waals surface area contributed by atoms with Gasteiger partial charge in [0.05, 0.1) is 0 Å². The van der Waals surface area contributed by atoms with E-state index in [-0.39, 0.29) is 5.41 Å². The predicted molar refractivity (Wildman–Crippen MR) is 107 cm³/mol. The lowest BCUT2D eigenvalue weighted by Gasteiger charge is -2.56. The summed E-state index contributed by atoms with van der Waals surface area (Å²) in [5, 5.41) is 0. The third kappa shape index (κ3) is 1.72. The molecule has 4 saturated carbocycles. The monoisotopic (exact) mass is 368 g/mol. The van der Waals surface area contributed by atoms with Crippen molar-refractivity contribution in [2.75, 3.05) is 7.05 Å². The van der Waals surface area contributed by atoms with Gasteiger partial charge in [0.2, 0.25) is 0 Å². The molecule has 1 heterocycles. The number of hydrogen-bond acceptors (Lipinski definition) is 1. The number of nitrogens with zero attached hydrogens (tertiary/aromatic N) is 1. The molecule has 26 heavy (non-hydrogen) atoms. The van der Waals surface area contributed by atoms with E-state index in [4.69, 9.17) is 0 Å². The Bertz CT molecular complexity index is 792. The number of fused-ring (bicyclic) bond motifs is 10. The van der Waals surface area contributed by atoms with Crippen LogP contribution in [0.15, 0.2) is 11.6 Å². The first-order valence-electron chi connectivity index (χ1n) is 10.9. The van der Waals surface area contributed by atoms with Gasteiger partial charge in [-0.2, -0.15) is 0 Å². The largest absolute Gasteiger partial charge is 0.295 e. The van der Waals surface area contributed by atoms with Gasteiger partial charge < -0.3 is 0 Å². The molecule has 6 rings (SSSR count). The van der Waals surface area contributed by atoms with Gasteiger partial charge >= 0.3 is 0 Å². The highest BCUT2D eigenvalue weighted by molar-refractivity contribution is 7.49. The summed E-state index contributed by atoms with van der Waals surface area (Å²) >= 11 is 0. The Morgan fingerprint density at radius 3 is 2.96 bits per heavy atom. The topological polar surface area (TPSA) is 21.4 Å². The SMILES string of the molecule is CCC1(C#[N+]C)C2CC2C2C3C(CCC21C)C1CCC(=O)C=C1C1PC13. The maximum absolute atomic E-state index is 12.0. The highest BCUT2D eigenvalue weighted by atomic mass is 31.1. The van der Waals surface area contributed by atoms with Crippen LogP contribution < -0.4 is 0 Å². The number of ketones is 1. The molecule has 0 spiro atoms. The molecule has 0 aromatic rings. The molecule has 138 valence electrons. The van der Waals surface area contributed by atoms with Crippen LogP contribution in [0.3, 0.4) is 0 Å². The summed E-state index contributed by atoms with van der Waals surface area (Å²) in [4.78, 5) is 16.5. The van der Waals surface area contributed by atoms with Crippen LogP contribution in [0, 0.1) is 52.4 Å². The lowest BCUT2D eigenvalue weighted by Crippen LogP contribution is -2.53. The smallest absolute Gasteiger partial charge is 0.280 e. The van der Waals surface area contributed by atoms with Crippen molar-refractivity contribution in [1.82, 2.24) is 0 Å². The summed E-state index contributed by atoms with van der Waals surface area (Å²) in [6, 6.07) is 3.70. The minimum Gasteiger partial charge on any atom is -0.295 e. The van der Waals surface area contributed by atoms with Crippen LogP contribution in [0.4, 0.5) is 0 Å². The highest BCUT2D eigenvalue weighted by Gasteiger charge is 2.79. The van der Waals surface area contributed by atoms with Crippen LogP contribution in [-0.4, -0.2) is 24.1 Å². The van der Waals surface area contributed by atoms with E-state index in [1.165, 1.54) is 25.7 Å². The van der Waals surface area contributed by atoms with Crippen molar-refractivity contribution in [2.45, 2.75) is 63.7 Å². The number of allylic oxidation sites excluding steroid dienone is 1. The summed E-state index contributed by atoms with van der Waals surface area (Å²) < 4.78 is 0. The minimum absolute atomic E-state index is 0.244. The molecule has 0 bridgehead atoms. The van der Waals surface area contributed by atoms with Gasteiger partial charge in [-0.1, -0.05) is 24.3 Å². The Morgan fingerprint density at radius 2 is 2.19 bits per heavy atom. The molecule has 11 atom stereocenters. The molecule has 0 aromatic carbocycles. The fourth-order valence-electron chi connectivity index (χ4n) is 8.91. The van der Waals surface area contributed by atoms with Crippen molar-refractivity contribution in [1.29, 1.82) is 0 Å². The van der Waals surface area contributed by atoms with Gasteiger partial charge in [-0.15, -0.1) is 8.58 Å². The number of carbonyl (C=O) groups is 1. The maximum Gasteiger partial charge on any atom is 0.280 e. The highest BCUT2D eigenvalue weighted by Crippen LogP contribution is 2.82. The molecule has 1 saturated heterocycles. The zero-order valence-corrected chi connectivity index (χ0v) is 17.3. The second-order valence-electron chi connectivity index (χ2n) is 10.3. The lowest BCUT2D eigenvalue weighted by molar-refractivity contribution is -0.116. The number of carbonyl (C=O) groups excluding carboxylic acids is 1. The van der Waals surface area contributed by atoms with Crippen LogP contribution in [0.2, 0.25) is 0 Å². The molecule has 6 aliphatic rings. The zero-order valence-electron chi connectivity index (χ0n) is 16.3. The molecular weight excluding hydrogens is 337 g/mol. The summed E-state index contributed by atoms with van der Waals surface area (Å²) in [5.41, 5.74) is 3.98. The van der Waals surface area contributed by atoms with Gasteiger partial charge in [0.1, 0.15) is 5.41 Å². The Labute approximate surface area is 159 Å². The van der Waals surface area contributed by atoms with E-state index in [9.17, 15) is 4.79 Å². The van der Waals surface area contributed by atoms with Crippen LogP contribution in [-0.2, 0) is 4.79 Å². The van der Waals surface area contributed by atoms with E-state index in [0.29, 0.717) is 11.2 Å². The van der Waals surface area contributed by atoms with Gasteiger partial charge in [-0.3, -0.25) is 4.79 Å². The lowest BCUT2D eigenvalue weighted by atomic mass is 9.47. The van der Waals surface area contributed by atoms with Crippen molar-refractivity contribution in [3.05, 3.63) is 16.5 Å². The standard InChI is InChI=1S/C23H31NOP/c1-4-23(11-24-3)17-10-16(17)19-18-14(7-8-22(19,23)2)13-6-5-12(25)9-15(13)20-21(18)26-20/h9,13-14,16-21,26H,4-8,10H2,1-3H3/q+1. The van der Waals surface area contributed by atoms with Crippen LogP contribution >= 0.6 is 8.58 Å². The second kappa shape index (κ2) is 5.03. The van der Waals surface area contributed by atoms with E-state index in [1.807, 2.05) is 7.05 Å². The van der Waals surface area contributed by atoms with E-state index in [2.05, 4.69) is 30.8 Å². The van der Waals surface area contributed by atoms with Crippen molar-refractivity contribution in [3.63, 3.8) is 0 Å². The summed E-state index contributed by atoms with van der Waals surface area (Å²) in [6.45, 7) is 5.02. The van der Waals surface area contributed by atoms with Crippen LogP contribution in [0.1, 0.15) is 52.4 Å². The first-order chi connectivity index (χ1) is 12.6. The van der Waals surface area contributed by atoms with Gasteiger partial charge in [-0.25, -0.2) is 0 Å². The van der Waals surface area contributed by atoms with Crippen molar-refractivity contribution in [3.8, 4) is 6.07 Å². The van der Waals surface area contributed by atoms with Crippen molar-refractivity contribution < 1.29 is 4.79 Å². The molecular formula is C23H31NOP+. The molecule has 2 nitrogen and oxygen atoms in total. The molecule has 0 amide bonds. The molecule has 5 fully saturated rings. The quantitative estimate of drug-likeness (QED) is 0.597. The molecule has 0 N–H and O–H groups in total. The van der Waals surface area contributed by atoms with E-state index in [0.717, 1.165) is 68.2 Å². The van der Waals surface area contributed by atoms with E-state index < -0.39 is 0 Å². The molecule has 11 unspecified atom stereocenters. The predicted octanol–water partition coefficient (Wildman–Crippen LogP) is 4.99. The summed E-state index contributed by atoms with van der Waals surface area (Å²) in [7, 11) is 3.04. The Morgan fingerprint density at radius 1 is 1.35 bits per heavy atom. The third-order valence-corrected chi connectivity index (χ3v) is 11.6. The number of rotatable bonds is 1. The minimum atomic E-state index is 0.244. The first-order valence-corrected chi connectivity index (χ1v) is 12.1. The molecule has 0 aromatic heterocycles. The average molecular weight is 368 g/mol. The van der Waals surface area contributed by atoms with Crippen LogP contribution in [0.25, 0.3) is 4.85 Å². The van der Waals surface area contributed by atoms with E-state index in [1.54, 1.807) is 5.57 Å². The number of hydrogen-bond donors (Lipinski definition) is 0. The zero-order chi connectivity index (χ0) is 17.8. The fourth-order valence-corrected chi connectivity index (χ4v) is 10.8. The van der Waals surface area contributed by atoms with Crippen LogP contribution in [0.5, 0.6) is 0 Å². The Balaban J connectivity index is 1.43. The Hall–Kier alpha value is -0.670. The normalized spacial score (nSPS) is 59.0. The second-order valence-corrected chi connectivity index (χ2v) is 11.9. The van der Waals surface area contributed by atoms with Crippen molar-refractivity contribution >= 4 is 14.4 Å². The maximum atomic E-state index is 12.0. The van der Waals surface area contributed by atoms with Gasteiger partial charge in [-0.05, 0) is 84.8 Å². The first kappa shape index (κ1) is 16.3. The fraction of sp³-hybridized carbons (Fsp3) is 0.826. The summed E-state index contributed by atoms with van der Waals surface area (Å²) in [5.74, 6) is 5.68. The molecule has 5 aliphatic carbocycles. The molecule has 3 heteroatoms. The van der Waals surface area contributed by atoms with Gasteiger partial charge in [0.15, 0.2) is 5.78 Å². The van der Waals surface area contributed by atoms with Crippen molar-refractivity contribution in [2.24, 2.45) is 46.3 Å². The van der Waals surface area contributed by atoms with Gasteiger partial charge in [0, 0.05) is 12.1 Å². The Kier molecular flexibility index (Phi) is 3.15. The molecule has 1 aliphatic heterocycles. The third-order valence-electron chi connectivity index (χ3n) is 9.83.